The summed E-state index contributed by atoms with van der Waals surface area (Å²) in [6, 6.07) is 15.3. The Morgan fingerprint density at radius 2 is 1.34 bits per heavy atom. The standard InChI is InChI=1S/C22H27ClN4O2/c23-18-5-1-2-6-19(18)25-13-15-27(16-14-25)22(29)17-24-9-11-26(12-10-24)20-7-3-4-8-21(20)28/h1-8,28H,9-17H2. The molecule has 29 heavy (non-hydrogen) atoms. The zero-order chi connectivity index (χ0) is 20.2. The molecule has 0 bridgehead atoms. The highest BCUT2D eigenvalue weighted by molar-refractivity contribution is 6.33. The molecule has 2 aliphatic rings. The second-order valence-electron chi connectivity index (χ2n) is 7.57. The van der Waals surface area contributed by atoms with E-state index in [0.717, 1.165) is 68.8 Å². The third-order valence-corrected chi connectivity index (χ3v) is 6.10. The lowest BCUT2D eigenvalue weighted by Gasteiger charge is -2.39. The summed E-state index contributed by atoms with van der Waals surface area (Å²) in [6.07, 6.45) is 0. The van der Waals surface area contributed by atoms with Crippen LogP contribution in [-0.4, -0.2) is 79.7 Å². The fraction of sp³-hybridized carbons (Fsp3) is 0.409. The predicted octanol–water partition coefficient (Wildman–Crippen LogP) is 2.52. The van der Waals surface area contributed by atoms with Crippen molar-refractivity contribution in [3.05, 3.63) is 53.6 Å². The number of phenols is 1. The van der Waals surface area contributed by atoms with Gasteiger partial charge in [-0.05, 0) is 24.3 Å². The summed E-state index contributed by atoms with van der Waals surface area (Å²) in [5.41, 5.74) is 1.91. The van der Waals surface area contributed by atoms with Gasteiger partial charge < -0.3 is 19.8 Å². The van der Waals surface area contributed by atoms with Crippen LogP contribution in [0.3, 0.4) is 0 Å². The molecule has 2 aromatic rings. The molecule has 1 amide bonds. The Hall–Kier alpha value is -2.44. The van der Waals surface area contributed by atoms with Crippen molar-refractivity contribution in [3.63, 3.8) is 0 Å². The lowest BCUT2D eigenvalue weighted by atomic mass is 10.2. The van der Waals surface area contributed by atoms with E-state index < -0.39 is 0 Å². The van der Waals surface area contributed by atoms with Gasteiger partial charge >= 0.3 is 0 Å². The van der Waals surface area contributed by atoms with Gasteiger partial charge in [0.25, 0.3) is 0 Å². The van der Waals surface area contributed by atoms with Crippen LogP contribution in [0, 0.1) is 0 Å². The molecule has 2 saturated heterocycles. The lowest BCUT2D eigenvalue weighted by Crippen LogP contribution is -2.54. The fourth-order valence-electron chi connectivity index (χ4n) is 4.07. The first-order valence-electron chi connectivity index (χ1n) is 10.1. The molecule has 2 aliphatic heterocycles. The Labute approximate surface area is 176 Å². The maximum atomic E-state index is 12.8. The zero-order valence-corrected chi connectivity index (χ0v) is 17.3. The van der Waals surface area contributed by atoms with Crippen LogP contribution in [0.2, 0.25) is 5.02 Å². The van der Waals surface area contributed by atoms with Gasteiger partial charge in [-0.25, -0.2) is 0 Å². The summed E-state index contributed by atoms with van der Waals surface area (Å²) in [5.74, 6) is 0.508. The number of para-hydroxylation sites is 3. The van der Waals surface area contributed by atoms with Gasteiger partial charge in [-0.1, -0.05) is 35.9 Å². The number of aromatic hydroxyl groups is 1. The number of benzene rings is 2. The minimum absolute atomic E-state index is 0.194. The third kappa shape index (κ3) is 4.60. The van der Waals surface area contributed by atoms with Gasteiger partial charge in [0.15, 0.2) is 0 Å². The van der Waals surface area contributed by atoms with E-state index in [4.69, 9.17) is 11.6 Å². The molecule has 0 unspecified atom stereocenters. The van der Waals surface area contributed by atoms with Gasteiger partial charge in [0.2, 0.25) is 5.91 Å². The van der Waals surface area contributed by atoms with Crippen LogP contribution in [0.4, 0.5) is 11.4 Å². The van der Waals surface area contributed by atoms with E-state index >= 15 is 0 Å². The molecule has 4 rings (SSSR count). The molecule has 0 aliphatic carbocycles. The van der Waals surface area contributed by atoms with Crippen LogP contribution in [0.15, 0.2) is 48.5 Å². The van der Waals surface area contributed by atoms with Crippen molar-refractivity contribution in [1.29, 1.82) is 0 Å². The highest BCUT2D eigenvalue weighted by atomic mass is 35.5. The van der Waals surface area contributed by atoms with E-state index in [1.165, 1.54) is 0 Å². The zero-order valence-electron chi connectivity index (χ0n) is 16.5. The maximum absolute atomic E-state index is 12.8. The first-order valence-corrected chi connectivity index (χ1v) is 10.5. The summed E-state index contributed by atoms with van der Waals surface area (Å²) in [6.45, 7) is 6.77. The molecule has 2 heterocycles. The summed E-state index contributed by atoms with van der Waals surface area (Å²) < 4.78 is 0. The van der Waals surface area contributed by atoms with Gasteiger partial charge in [0.1, 0.15) is 5.75 Å². The number of amides is 1. The third-order valence-electron chi connectivity index (χ3n) is 5.78. The lowest BCUT2D eigenvalue weighted by molar-refractivity contribution is -0.132. The number of carbonyl (C=O) groups excluding carboxylic acids is 1. The number of hydrogen-bond donors (Lipinski definition) is 1. The monoisotopic (exact) mass is 414 g/mol. The van der Waals surface area contributed by atoms with Gasteiger partial charge in [0, 0.05) is 52.4 Å². The number of anilines is 2. The smallest absolute Gasteiger partial charge is 0.236 e. The number of rotatable bonds is 4. The second kappa shape index (κ2) is 8.93. The number of nitrogens with zero attached hydrogens (tertiary/aromatic N) is 4. The van der Waals surface area contributed by atoms with Crippen LogP contribution >= 0.6 is 11.6 Å². The van der Waals surface area contributed by atoms with Crippen molar-refractivity contribution in [2.24, 2.45) is 0 Å². The summed E-state index contributed by atoms with van der Waals surface area (Å²) >= 11 is 6.30. The Morgan fingerprint density at radius 1 is 0.793 bits per heavy atom. The minimum Gasteiger partial charge on any atom is -0.506 e. The van der Waals surface area contributed by atoms with Crippen LogP contribution in [0.5, 0.6) is 5.75 Å². The SMILES string of the molecule is O=C(CN1CCN(c2ccccc2O)CC1)N1CCN(c2ccccc2Cl)CC1. The van der Waals surface area contributed by atoms with Crippen molar-refractivity contribution in [3.8, 4) is 5.75 Å². The molecule has 154 valence electrons. The Kier molecular flexibility index (Phi) is 6.11. The molecule has 0 saturated carbocycles. The average Bonchev–Trinajstić information content (AvgIpc) is 2.75. The Balaban J connectivity index is 1.25. The molecule has 0 atom stereocenters. The second-order valence-corrected chi connectivity index (χ2v) is 7.98. The molecule has 0 aromatic heterocycles. The summed E-state index contributed by atoms with van der Waals surface area (Å²) in [5, 5.41) is 10.8. The topological polar surface area (TPSA) is 50.3 Å². The van der Waals surface area contributed by atoms with Crippen molar-refractivity contribution in [1.82, 2.24) is 9.80 Å². The van der Waals surface area contributed by atoms with Crippen LogP contribution in [0.1, 0.15) is 0 Å². The molecule has 0 spiro atoms. The highest BCUT2D eigenvalue weighted by Gasteiger charge is 2.26. The molecule has 0 radical (unpaired) electrons. The van der Waals surface area contributed by atoms with Gasteiger partial charge in [-0.3, -0.25) is 9.69 Å². The molecular weight excluding hydrogens is 388 g/mol. The van der Waals surface area contributed by atoms with Crippen LogP contribution in [-0.2, 0) is 4.79 Å². The molecule has 2 aromatic carbocycles. The predicted molar refractivity (Wildman–Crippen MR) is 117 cm³/mol. The number of halogens is 1. The average molecular weight is 415 g/mol. The van der Waals surface area contributed by atoms with Crippen LogP contribution in [0.25, 0.3) is 0 Å². The molecule has 6 nitrogen and oxygen atoms in total. The largest absolute Gasteiger partial charge is 0.506 e. The summed E-state index contributed by atoms with van der Waals surface area (Å²) in [7, 11) is 0. The first-order chi connectivity index (χ1) is 14.1. The fourth-order valence-corrected chi connectivity index (χ4v) is 4.33. The van der Waals surface area contributed by atoms with Gasteiger partial charge in [0.05, 0.1) is 22.9 Å². The van der Waals surface area contributed by atoms with Gasteiger partial charge in [-0.2, -0.15) is 0 Å². The van der Waals surface area contributed by atoms with E-state index in [-0.39, 0.29) is 5.91 Å². The normalized spacial score (nSPS) is 18.2. The Bertz CT molecular complexity index is 846. The Morgan fingerprint density at radius 3 is 2.00 bits per heavy atom. The molecule has 1 N–H and O–H groups in total. The molecule has 7 heteroatoms. The van der Waals surface area contributed by atoms with Crippen molar-refractivity contribution in [2.45, 2.75) is 0 Å². The van der Waals surface area contributed by atoms with E-state index in [1.807, 2.05) is 47.4 Å². The minimum atomic E-state index is 0.194. The maximum Gasteiger partial charge on any atom is 0.236 e. The van der Waals surface area contributed by atoms with E-state index in [1.54, 1.807) is 6.07 Å². The quantitative estimate of drug-likeness (QED) is 0.833. The first kappa shape index (κ1) is 19.9. The highest BCUT2D eigenvalue weighted by Crippen LogP contribution is 2.28. The molecular formula is C22H27ClN4O2. The number of phenolic OH excluding ortho intramolecular Hbond substituents is 1. The van der Waals surface area contributed by atoms with Crippen LogP contribution < -0.4 is 9.80 Å². The van der Waals surface area contributed by atoms with E-state index in [9.17, 15) is 9.90 Å². The van der Waals surface area contributed by atoms with Crippen molar-refractivity contribution in [2.75, 3.05) is 68.7 Å². The molecule has 2 fully saturated rings. The van der Waals surface area contributed by atoms with Crippen molar-refractivity contribution >= 4 is 28.9 Å². The number of hydrogen-bond acceptors (Lipinski definition) is 5. The summed E-state index contributed by atoms with van der Waals surface area (Å²) in [4.78, 5) is 21.4. The number of piperazine rings is 2. The van der Waals surface area contributed by atoms with E-state index in [2.05, 4.69) is 14.7 Å². The van der Waals surface area contributed by atoms with Gasteiger partial charge in [-0.15, -0.1) is 0 Å². The van der Waals surface area contributed by atoms with E-state index in [0.29, 0.717) is 12.3 Å². The van der Waals surface area contributed by atoms with Crippen molar-refractivity contribution < 1.29 is 9.90 Å². The number of carbonyl (C=O) groups is 1.